The van der Waals surface area contributed by atoms with Gasteiger partial charge in [-0.25, -0.2) is 0 Å². The van der Waals surface area contributed by atoms with Gasteiger partial charge in [-0.2, -0.15) is 0 Å². The van der Waals surface area contributed by atoms with E-state index in [4.69, 9.17) is 0 Å². The van der Waals surface area contributed by atoms with E-state index in [1.54, 1.807) is 18.3 Å². The standard InChI is InChI=1S/C18H28N4O2S/c1-15(23)22-6-4-16(5-7-22)19-18(24)14-21-10-8-20(9-11-21)13-17-3-2-12-25-17/h2-3,12,16H,4-11,13-14H2,1H3,(H,19,24). The number of carbonyl (C=O) groups excluding carboxylic acids is 2. The van der Waals surface area contributed by atoms with Crippen LogP contribution in [0.4, 0.5) is 0 Å². The molecular formula is C18H28N4O2S. The Balaban J connectivity index is 1.33. The Morgan fingerprint density at radius 1 is 1.12 bits per heavy atom. The van der Waals surface area contributed by atoms with Crippen LogP contribution >= 0.6 is 11.3 Å². The molecule has 1 aromatic rings. The van der Waals surface area contributed by atoms with Gasteiger partial charge in [0.25, 0.3) is 0 Å². The molecule has 2 fully saturated rings. The number of amides is 2. The maximum absolute atomic E-state index is 12.3. The number of hydrogen-bond acceptors (Lipinski definition) is 5. The Hall–Kier alpha value is -1.44. The lowest BCUT2D eigenvalue weighted by molar-refractivity contribution is -0.130. The summed E-state index contributed by atoms with van der Waals surface area (Å²) in [5, 5.41) is 5.26. The van der Waals surface area contributed by atoms with E-state index in [0.717, 1.165) is 58.7 Å². The Labute approximate surface area is 153 Å². The topological polar surface area (TPSA) is 55.9 Å². The van der Waals surface area contributed by atoms with E-state index in [1.165, 1.54) is 4.88 Å². The summed E-state index contributed by atoms with van der Waals surface area (Å²) in [5.74, 6) is 0.248. The van der Waals surface area contributed by atoms with E-state index in [0.29, 0.717) is 6.54 Å². The summed E-state index contributed by atoms with van der Waals surface area (Å²) in [4.78, 5) is 31.6. The fraction of sp³-hybridized carbons (Fsp3) is 0.667. The molecule has 0 atom stereocenters. The highest BCUT2D eigenvalue weighted by atomic mass is 32.1. The van der Waals surface area contributed by atoms with Gasteiger partial charge in [-0.15, -0.1) is 11.3 Å². The zero-order valence-corrected chi connectivity index (χ0v) is 15.8. The average molecular weight is 365 g/mol. The summed E-state index contributed by atoms with van der Waals surface area (Å²) in [5.41, 5.74) is 0. The largest absolute Gasteiger partial charge is 0.352 e. The van der Waals surface area contributed by atoms with Gasteiger partial charge in [0.05, 0.1) is 6.54 Å². The van der Waals surface area contributed by atoms with Gasteiger partial charge in [0.15, 0.2) is 0 Å². The Morgan fingerprint density at radius 2 is 1.80 bits per heavy atom. The molecule has 0 bridgehead atoms. The summed E-state index contributed by atoms with van der Waals surface area (Å²) in [6, 6.07) is 4.49. The Morgan fingerprint density at radius 3 is 2.40 bits per heavy atom. The van der Waals surface area contributed by atoms with Crippen LogP contribution in [0.3, 0.4) is 0 Å². The average Bonchev–Trinajstić information content (AvgIpc) is 3.10. The van der Waals surface area contributed by atoms with Crippen molar-refractivity contribution in [1.82, 2.24) is 20.0 Å². The first-order valence-corrected chi connectivity index (χ1v) is 10.00. The van der Waals surface area contributed by atoms with Crippen molar-refractivity contribution in [3.8, 4) is 0 Å². The highest BCUT2D eigenvalue weighted by Gasteiger charge is 2.24. The molecule has 0 aromatic carbocycles. The van der Waals surface area contributed by atoms with E-state index in [1.807, 2.05) is 4.90 Å². The van der Waals surface area contributed by atoms with Crippen molar-refractivity contribution >= 4 is 23.2 Å². The number of rotatable bonds is 5. The van der Waals surface area contributed by atoms with Crippen molar-refractivity contribution in [2.45, 2.75) is 32.4 Å². The van der Waals surface area contributed by atoms with Gasteiger partial charge >= 0.3 is 0 Å². The first kappa shape index (κ1) is 18.4. The molecule has 138 valence electrons. The van der Waals surface area contributed by atoms with Crippen LogP contribution < -0.4 is 5.32 Å². The summed E-state index contributed by atoms with van der Waals surface area (Å²) in [6.07, 6.45) is 1.72. The normalized spacial score (nSPS) is 20.6. The van der Waals surface area contributed by atoms with Gasteiger partial charge < -0.3 is 10.2 Å². The van der Waals surface area contributed by atoms with Crippen molar-refractivity contribution in [3.63, 3.8) is 0 Å². The van der Waals surface area contributed by atoms with Crippen molar-refractivity contribution in [2.24, 2.45) is 0 Å². The lowest BCUT2D eigenvalue weighted by Crippen LogP contribution is -2.51. The predicted molar refractivity (Wildman–Crippen MR) is 99.5 cm³/mol. The number of hydrogen-bond donors (Lipinski definition) is 1. The van der Waals surface area contributed by atoms with E-state index < -0.39 is 0 Å². The first-order valence-electron chi connectivity index (χ1n) is 9.12. The van der Waals surface area contributed by atoms with Gasteiger partial charge in [0, 0.05) is 63.7 Å². The molecule has 0 unspecified atom stereocenters. The van der Waals surface area contributed by atoms with Gasteiger partial charge in [0.2, 0.25) is 11.8 Å². The molecule has 1 aromatic heterocycles. The van der Waals surface area contributed by atoms with Gasteiger partial charge in [-0.3, -0.25) is 19.4 Å². The second kappa shape index (κ2) is 8.78. The number of piperidine rings is 1. The maximum atomic E-state index is 12.3. The molecule has 0 aliphatic carbocycles. The van der Waals surface area contributed by atoms with Crippen LogP contribution in [0.5, 0.6) is 0 Å². The summed E-state index contributed by atoms with van der Waals surface area (Å²) < 4.78 is 0. The molecule has 0 spiro atoms. The zero-order valence-electron chi connectivity index (χ0n) is 14.9. The molecular weight excluding hydrogens is 336 g/mol. The van der Waals surface area contributed by atoms with Crippen molar-refractivity contribution in [3.05, 3.63) is 22.4 Å². The quantitative estimate of drug-likeness (QED) is 0.847. The molecule has 6 nitrogen and oxygen atoms in total. The van der Waals surface area contributed by atoms with Crippen LogP contribution in [0.25, 0.3) is 0 Å². The fourth-order valence-corrected chi connectivity index (χ4v) is 4.29. The molecule has 0 saturated carbocycles. The minimum absolute atomic E-state index is 0.119. The molecule has 2 amide bonds. The molecule has 7 heteroatoms. The number of piperazine rings is 1. The molecule has 2 aliphatic rings. The summed E-state index contributed by atoms with van der Waals surface area (Å²) in [6.45, 7) is 8.54. The van der Waals surface area contributed by atoms with Gasteiger partial charge in [-0.1, -0.05) is 6.07 Å². The molecule has 2 saturated heterocycles. The lowest BCUT2D eigenvalue weighted by atomic mass is 10.1. The molecule has 3 rings (SSSR count). The Kier molecular flexibility index (Phi) is 6.45. The van der Waals surface area contributed by atoms with Crippen LogP contribution in [0.2, 0.25) is 0 Å². The lowest BCUT2D eigenvalue weighted by Gasteiger charge is -2.35. The van der Waals surface area contributed by atoms with Gasteiger partial charge in [0.1, 0.15) is 0 Å². The number of likely N-dealkylation sites (tertiary alicyclic amines) is 1. The third kappa shape index (κ3) is 5.52. The fourth-order valence-electron chi connectivity index (χ4n) is 3.54. The summed E-state index contributed by atoms with van der Waals surface area (Å²) >= 11 is 1.81. The first-order chi connectivity index (χ1) is 12.1. The number of nitrogens with one attached hydrogen (secondary N) is 1. The highest BCUT2D eigenvalue weighted by Crippen LogP contribution is 2.14. The van der Waals surface area contributed by atoms with E-state index in [9.17, 15) is 9.59 Å². The zero-order chi connectivity index (χ0) is 17.6. The minimum Gasteiger partial charge on any atom is -0.352 e. The van der Waals surface area contributed by atoms with E-state index in [2.05, 4.69) is 32.6 Å². The van der Waals surface area contributed by atoms with Crippen LogP contribution in [0.15, 0.2) is 17.5 Å². The minimum atomic E-state index is 0.119. The van der Waals surface area contributed by atoms with E-state index >= 15 is 0 Å². The highest BCUT2D eigenvalue weighted by molar-refractivity contribution is 7.09. The second-order valence-electron chi connectivity index (χ2n) is 6.98. The maximum Gasteiger partial charge on any atom is 0.234 e. The summed E-state index contributed by atoms with van der Waals surface area (Å²) in [7, 11) is 0. The van der Waals surface area contributed by atoms with Crippen LogP contribution in [-0.2, 0) is 16.1 Å². The molecule has 0 radical (unpaired) electrons. The number of carbonyl (C=O) groups is 2. The predicted octanol–water partition coefficient (Wildman–Crippen LogP) is 0.993. The third-order valence-electron chi connectivity index (χ3n) is 5.10. The third-order valence-corrected chi connectivity index (χ3v) is 5.96. The van der Waals surface area contributed by atoms with Crippen molar-refractivity contribution in [1.29, 1.82) is 0 Å². The van der Waals surface area contributed by atoms with Crippen LogP contribution in [0, 0.1) is 0 Å². The molecule has 25 heavy (non-hydrogen) atoms. The monoisotopic (exact) mass is 364 g/mol. The van der Waals surface area contributed by atoms with Gasteiger partial charge in [-0.05, 0) is 24.3 Å². The SMILES string of the molecule is CC(=O)N1CCC(NC(=O)CN2CCN(Cc3cccs3)CC2)CC1. The van der Waals surface area contributed by atoms with Crippen LogP contribution in [0.1, 0.15) is 24.6 Å². The second-order valence-corrected chi connectivity index (χ2v) is 8.01. The Bertz CT molecular complexity index is 562. The molecule has 2 aliphatic heterocycles. The van der Waals surface area contributed by atoms with Crippen molar-refractivity contribution < 1.29 is 9.59 Å². The van der Waals surface area contributed by atoms with Crippen LogP contribution in [-0.4, -0.2) is 78.4 Å². The smallest absolute Gasteiger partial charge is 0.234 e. The number of thiophene rings is 1. The molecule has 1 N–H and O–H groups in total. The number of nitrogens with zero attached hydrogens (tertiary/aromatic N) is 3. The molecule has 3 heterocycles. The van der Waals surface area contributed by atoms with Crippen molar-refractivity contribution in [2.75, 3.05) is 45.8 Å². The van der Waals surface area contributed by atoms with E-state index in [-0.39, 0.29) is 17.9 Å².